The first-order valence-electron chi connectivity index (χ1n) is 32.1. The highest BCUT2D eigenvalue weighted by Gasteiger charge is 2.19. The van der Waals surface area contributed by atoms with E-state index in [4.69, 9.17) is 14.2 Å². The van der Waals surface area contributed by atoms with E-state index < -0.39 is 12.1 Å². The van der Waals surface area contributed by atoms with E-state index in [0.29, 0.717) is 19.3 Å². The summed E-state index contributed by atoms with van der Waals surface area (Å²) in [4.78, 5) is 38.3. The van der Waals surface area contributed by atoms with E-state index in [0.717, 1.165) is 154 Å². The fraction of sp³-hybridized carbons (Fsp3) is 0.581. The topological polar surface area (TPSA) is 78.9 Å². The van der Waals surface area contributed by atoms with Crippen molar-refractivity contribution in [3.05, 3.63) is 170 Å². The van der Waals surface area contributed by atoms with E-state index in [-0.39, 0.29) is 31.6 Å². The van der Waals surface area contributed by atoms with Crippen molar-refractivity contribution in [3.8, 4) is 0 Å². The van der Waals surface area contributed by atoms with Crippen LogP contribution in [0.2, 0.25) is 0 Å². The van der Waals surface area contributed by atoms with E-state index in [1.165, 1.54) is 57.8 Å². The normalized spacial score (nSPS) is 13.3. The van der Waals surface area contributed by atoms with E-state index in [1.54, 1.807) is 0 Å². The molecule has 0 heterocycles. The number of hydrogen-bond acceptors (Lipinski definition) is 6. The zero-order valence-corrected chi connectivity index (χ0v) is 51.3. The van der Waals surface area contributed by atoms with Crippen LogP contribution in [0.5, 0.6) is 0 Å². The van der Waals surface area contributed by atoms with Gasteiger partial charge in [-0.05, 0) is 141 Å². The molecule has 0 aliphatic carbocycles. The first kappa shape index (κ1) is 74.8. The van der Waals surface area contributed by atoms with Gasteiger partial charge in [0, 0.05) is 19.3 Å². The molecule has 0 aromatic carbocycles. The Morgan fingerprint density at radius 3 is 0.825 bits per heavy atom. The number of allylic oxidation sites excluding steroid dienone is 28. The number of carbonyl (C=O) groups is 3. The molecule has 0 aromatic rings. The molecule has 6 heteroatoms. The fourth-order valence-corrected chi connectivity index (χ4v) is 8.21. The summed E-state index contributed by atoms with van der Waals surface area (Å²) in [6.45, 7) is 6.32. The SMILES string of the molecule is CC/C=C\C/C=C\C/C=C\C/C=C\C/C=C\C/C=C\C/C=C\CCCCCCCC(=O)OCC(COC(=O)CCCCCCC/C=C\CCCCCCCCC)OC(=O)CC/C=C\C/C=C\C/C=C\C/C=C\C/C=C\C/C=C\CC. The Hall–Kier alpha value is -5.23. The summed E-state index contributed by atoms with van der Waals surface area (Å²) in [5.74, 6) is -1.04. The summed E-state index contributed by atoms with van der Waals surface area (Å²) >= 11 is 0. The van der Waals surface area contributed by atoms with E-state index in [2.05, 4.69) is 179 Å². The predicted molar refractivity (Wildman–Crippen MR) is 348 cm³/mol. The first-order valence-corrected chi connectivity index (χ1v) is 32.1. The number of rotatable bonds is 56. The molecular formula is C74H116O6. The minimum absolute atomic E-state index is 0.126. The molecule has 80 heavy (non-hydrogen) atoms. The van der Waals surface area contributed by atoms with Gasteiger partial charge in [-0.3, -0.25) is 14.4 Å². The Kier molecular flexibility index (Phi) is 61.9. The molecule has 0 aliphatic rings. The maximum atomic E-state index is 12.9. The molecule has 0 radical (unpaired) electrons. The molecule has 0 rings (SSSR count). The summed E-state index contributed by atoms with van der Waals surface area (Å²) in [7, 11) is 0. The van der Waals surface area contributed by atoms with Crippen molar-refractivity contribution >= 4 is 17.9 Å². The van der Waals surface area contributed by atoms with E-state index in [9.17, 15) is 14.4 Å². The number of ether oxygens (including phenoxy) is 3. The Morgan fingerprint density at radius 2 is 0.512 bits per heavy atom. The quantitative estimate of drug-likeness (QED) is 0.0261. The molecular weight excluding hydrogens is 985 g/mol. The lowest BCUT2D eigenvalue weighted by molar-refractivity contribution is -0.166. The summed E-state index contributed by atoms with van der Waals surface area (Å²) in [5.41, 5.74) is 0. The van der Waals surface area contributed by atoms with Crippen LogP contribution in [0.3, 0.4) is 0 Å². The second-order valence-corrected chi connectivity index (χ2v) is 20.5. The third-order valence-corrected chi connectivity index (χ3v) is 12.9. The average Bonchev–Trinajstić information content (AvgIpc) is 3.46. The van der Waals surface area contributed by atoms with Gasteiger partial charge in [0.2, 0.25) is 0 Å². The lowest BCUT2D eigenvalue weighted by Gasteiger charge is -2.18. The van der Waals surface area contributed by atoms with Crippen LogP contribution in [-0.2, 0) is 28.6 Å². The number of carbonyl (C=O) groups excluding carboxylic acids is 3. The fourth-order valence-electron chi connectivity index (χ4n) is 8.21. The smallest absolute Gasteiger partial charge is 0.306 e. The van der Waals surface area contributed by atoms with Crippen LogP contribution in [0.25, 0.3) is 0 Å². The van der Waals surface area contributed by atoms with Gasteiger partial charge in [0.05, 0.1) is 0 Å². The second-order valence-electron chi connectivity index (χ2n) is 20.5. The van der Waals surface area contributed by atoms with E-state index in [1.807, 2.05) is 12.2 Å². The Morgan fingerprint density at radius 1 is 0.263 bits per heavy atom. The summed E-state index contributed by atoms with van der Waals surface area (Å²) in [6.07, 6.45) is 97.9. The van der Waals surface area contributed by atoms with Gasteiger partial charge in [-0.2, -0.15) is 0 Å². The Balaban J connectivity index is 4.54. The van der Waals surface area contributed by atoms with Crippen molar-refractivity contribution in [2.24, 2.45) is 0 Å². The van der Waals surface area contributed by atoms with Crippen LogP contribution in [0.1, 0.15) is 258 Å². The lowest BCUT2D eigenvalue weighted by Crippen LogP contribution is -2.30. The molecule has 0 amide bonds. The van der Waals surface area contributed by atoms with Crippen LogP contribution < -0.4 is 0 Å². The molecule has 0 fully saturated rings. The molecule has 0 spiro atoms. The molecule has 1 unspecified atom stereocenters. The summed E-state index contributed by atoms with van der Waals surface area (Å²) < 4.78 is 16.8. The maximum absolute atomic E-state index is 12.9. The molecule has 6 nitrogen and oxygen atoms in total. The van der Waals surface area contributed by atoms with Gasteiger partial charge in [-0.1, -0.05) is 268 Å². The van der Waals surface area contributed by atoms with Crippen molar-refractivity contribution in [2.75, 3.05) is 13.2 Å². The van der Waals surface area contributed by atoms with Gasteiger partial charge in [0.15, 0.2) is 6.10 Å². The minimum Gasteiger partial charge on any atom is -0.462 e. The highest BCUT2D eigenvalue weighted by molar-refractivity contribution is 5.71. The maximum Gasteiger partial charge on any atom is 0.306 e. The van der Waals surface area contributed by atoms with Gasteiger partial charge < -0.3 is 14.2 Å². The van der Waals surface area contributed by atoms with Crippen LogP contribution in [-0.4, -0.2) is 37.2 Å². The predicted octanol–water partition coefficient (Wildman–Crippen LogP) is 22.3. The van der Waals surface area contributed by atoms with Gasteiger partial charge in [-0.25, -0.2) is 0 Å². The molecule has 1 atom stereocenters. The van der Waals surface area contributed by atoms with Crippen molar-refractivity contribution in [2.45, 2.75) is 264 Å². The van der Waals surface area contributed by atoms with Gasteiger partial charge >= 0.3 is 17.9 Å². The van der Waals surface area contributed by atoms with Crippen LogP contribution >= 0.6 is 0 Å². The van der Waals surface area contributed by atoms with E-state index >= 15 is 0 Å². The van der Waals surface area contributed by atoms with Gasteiger partial charge in [-0.15, -0.1) is 0 Å². The molecule has 0 saturated carbocycles. The number of hydrogen-bond donors (Lipinski definition) is 0. The highest BCUT2D eigenvalue weighted by Crippen LogP contribution is 2.13. The van der Waals surface area contributed by atoms with Crippen LogP contribution in [0.4, 0.5) is 0 Å². The minimum atomic E-state index is -0.841. The largest absolute Gasteiger partial charge is 0.462 e. The lowest BCUT2D eigenvalue weighted by atomic mass is 10.1. The van der Waals surface area contributed by atoms with Crippen LogP contribution in [0, 0.1) is 0 Å². The average molecular weight is 1100 g/mol. The van der Waals surface area contributed by atoms with Gasteiger partial charge in [0.25, 0.3) is 0 Å². The Labute approximate surface area is 492 Å². The Bertz CT molecular complexity index is 1840. The first-order chi connectivity index (χ1) is 39.5. The molecule has 0 saturated heterocycles. The molecule has 0 bridgehead atoms. The number of esters is 3. The summed E-state index contributed by atoms with van der Waals surface area (Å²) in [6, 6.07) is 0. The van der Waals surface area contributed by atoms with Crippen molar-refractivity contribution in [1.82, 2.24) is 0 Å². The van der Waals surface area contributed by atoms with Crippen molar-refractivity contribution < 1.29 is 28.6 Å². The second kappa shape index (κ2) is 66.3. The zero-order chi connectivity index (χ0) is 57.8. The van der Waals surface area contributed by atoms with Crippen molar-refractivity contribution in [1.29, 1.82) is 0 Å². The highest BCUT2D eigenvalue weighted by atomic mass is 16.6. The van der Waals surface area contributed by atoms with Gasteiger partial charge in [0.1, 0.15) is 13.2 Å². The van der Waals surface area contributed by atoms with Crippen molar-refractivity contribution in [3.63, 3.8) is 0 Å². The third kappa shape index (κ3) is 63.6. The zero-order valence-electron chi connectivity index (χ0n) is 51.3. The molecule has 0 aliphatic heterocycles. The third-order valence-electron chi connectivity index (χ3n) is 12.9. The molecule has 0 aromatic heterocycles. The molecule has 0 N–H and O–H groups in total. The monoisotopic (exact) mass is 1100 g/mol. The van der Waals surface area contributed by atoms with Crippen LogP contribution in [0.15, 0.2) is 170 Å². The summed E-state index contributed by atoms with van der Waals surface area (Å²) in [5, 5.41) is 0. The number of unbranched alkanes of at least 4 members (excludes halogenated alkanes) is 17. The molecule has 448 valence electrons. The standard InChI is InChI=1S/C74H116O6/c1-4-7-10-13-16-19-22-25-28-31-33-34-35-36-37-38-39-40-42-43-46-49-52-55-58-61-64-67-73(76)79-70-71(69-78-72(75)66-63-60-57-54-51-48-45-30-27-24-21-18-15-12-9-6-3)80-74(77)68-65-62-59-56-53-50-47-44-41-32-29-26-23-20-17-14-11-8-5-2/h7-8,10-11,16-17,19-20,25-26,28-30,33-34,36-37,39-41,43-46,50,53,59,62,71H,4-6,9,12-15,18,21-24,27,31-32,35,38,42,47-49,51-52,54-58,60-61,63-70H2,1-3H3/b10-7-,11-8-,19-16-,20-17-,28-25-,29-26-,34-33-,37-36-,40-39-,44-41-,45-30-,46-43-,53-50-,62-59-.